The van der Waals surface area contributed by atoms with E-state index in [4.69, 9.17) is 10.5 Å². The van der Waals surface area contributed by atoms with Crippen LogP contribution >= 0.6 is 0 Å². The minimum absolute atomic E-state index is 0.0535. The number of carbonyl (C=O) groups is 2. The molecule has 1 unspecified atom stereocenters. The molecule has 1 aromatic carbocycles. The van der Waals surface area contributed by atoms with Crippen LogP contribution in [-0.4, -0.2) is 32.0 Å². The first-order chi connectivity index (χ1) is 12.1. The van der Waals surface area contributed by atoms with Crippen molar-refractivity contribution in [3.8, 4) is 5.75 Å². The number of methoxy groups -OCH3 is 1. The smallest absolute Gasteiger partial charge is 0.223 e. The van der Waals surface area contributed by atoms with Crippen LogP contribution in [0.15, 0.2) is 24.3 Å². The molecule has 1 aromatic rings. The number of benzene rings is 1. The molecule has 1 atom stereocenters. The standard InChI is InChI=1S/C19H29N3O3/c1-25-16-9-7-15(8-10-16)21-11-12-22-19(24)17(13-18(20)23)14-5-3-2-4-6-14/h7-10,14,17,21H,2-6,11-13H2,1H3,(H2,20,23)(H,22,24). The van der Waals surface area contributed by atoms with Crippen molar-refractivity contribution in [1.82, 2.24) is 5.32 Å². The van der Waals surface area contributed by atoms with E-state index in [-0.39, 0.29) is 24.2 Å². The van der Waals surface area contributed by atoms with Crippen molar-refractivity contribution in [3.05, 3.63) is 24.3 Å². The number of anilines is 1. The lowest BCUT2D eigenvalue weighted by Gasteiger charge is -2.28. The maximum Gasteiger partial charge on any atom is 0.223 e. The third-order valence-corrected chi connectivity index (χ3v) is 4.82. The Morgan fingerprint density at radius 3 is 2.44 bits per heavy atom. The first kappa shape index (κ1) is 19.1. The fraction of sp³-hybridized carbons (Fsp3) is 0.579. The molecule has 6 nitrogen and oxygen atoms in total. The number of primary amides is 1. The lowest BCUT2D eigenvalue weighted by Crippen LogP contribution is -2.40. The van der Waals surface area contributed by atoms with E-state index < -0.39 is 5.91 Å². The van der Waals surface area contributed by atoms with Gasteiger partial charge in [0.25, 0.3) is 0 Å². The highest BCUT2D eigenvalue weighted by Gasteiger charge is 2.30. The van der Waals surface area contributed by atoms with Crippen molar-refractivity contribution in [1.29, 1.82) is 0 Å². The average molecular weight is 347 g/mol. The number of amides is 2. The Balaban J connectivity index is 1.78. The zero-order valence-corrected chi connectivity index (χ0v) is 14.9. The number of nitrogens with two attached hydrogens (primary N) is 1. The van der Waals surface area contributed by atoms with E-state index in [1.54, 1.807) is 7.11 Å². The molecule has 0 aliphatic heterocycles. The van der Waals surface area contributed by atoms with Gasteiger partial charge in [-0.1, -0.05) is 19.3 Å². The van der Waals surface area contributed by atoms with Crippen molar-refractivity contribution in [2.24, 2.45) is 17.6 Å². The maximum absolute atomic E-state index is 12.5. The highest BCUT2D eigenvalue weighted by atomic mass is 16.5. The van der Waals surface area contributed by atoms with Crippen molar-refractivity contribution in [3.63, 3.8) is 0 Å². The van der Waals surface area contributed by atoms with Gasteiger partial charge in [0.15, 0.2) is 0 Å². The van der Waals surface area contributed by atoms with Gasteiger partial charge in [0.1, 0.15) is 5.75 Å². The lowest BCUT2D eigenvalue weighted by molar-refractivity contribution is -0.131. The minimum atomic E-state index is -0.401. The zero-order valence-electron chi connectivity index (χ0n) is 14.9. The molecule has 1 saturated carbocycles. The van der Waals surface area contributed by atoms with E-state index >= 15 is 0 Å². The molecule has 138 valence electrons. The Bertz CT molecular complexity index is 554. The van der Waals surface area contributed by atoms with Gasteiger partial charge >= 0.3 is 0 Å². The van der Waals surface area contributed by atoms with Crippen LogP contribution in [0.4, 0.5) is 5.69 Å². The van der Waals surface area contributed by atoms with Gasteiger partial charge in [0.2, 0.25) is 11.8 Å². The summed E-state index contributed by atoms with van der Waals surface area (Å²) in [7, 11) is 1.63. The number of nitrogens with one attached hydrogen (secondary N) is 2. The summed E-state index contributed by atoms with van der Waals surface area (Å²) < 4.78 is 5.12. The van der Waals surface area contributed by atoms with Gasteiger partial charge in [-0.25, -0.2) is 0 Å². The summed E-state index contributed by atoms with van der Waals surface area (Å²) in [6.07, 6.45) is 5.64. The molecular formula is C19H29N3O3. The summed E-state index contributed by atoms with van der Waals surface area (Å²) in [5, 5.41) is 6.19. The van der Waals surface area contributed by atoms with Crippen LogP contribution in [0.1, 0.15) is 38.5 Å². The Kier molecular flexibility index (Phi) is 7.57. The molecule has 0 radical (unpaired) electrons. The molecule has 6 heteroatoms. The van der Waals surface area contributed by atoms with Gasteiger partial charge in [0, 0.05) is 31.1 Å². The molecule has 0 bridgehead atoms. The topological polar surface area (TPSA) is 93.4 Å². The third kappa shape index (κ3) is 6.29. The van der Waals surface area contributed by atoms with Gasteiger partial charge in [-0.15, -0.1) is 0 Å². The molecule has 2 rings (SSSR count). The molecule has 0 heterocycles. The number of ether oxygens (including phenoxy) is 1. The number of rotatable bonds is 9. The fourth-order valence-electron chi connectivity index (χ4n) is 3.46. The predicted molar refractivity (Wildman–Crippen MR) is 98.4 cm³/mol. The Morgan fingerprint density at radius 1 is 1.16 bits per heavy atom. The summed E-state index contributed by atoms with van der Waals surface area (Å²) in [6.45, 7) is 1.12. The van der Waals surface area contributed by atoms with E-state index in [0.29, 0.717) is 13.1 Å². The van der Waals surface area contributed by atoms with Gasteiger partial charge in [-0.05, 0) is 43.0 Å². The van der Waals surface area contributed by atoms with Crippen molar-refractivity contribution < 1.29 is 14.3 Å². The second-order valence-corrected chi connectivity index (χ2v) is 6.62. The molecule has 1 aliphatic carbocycles. The number of carbonyl (C=O) groups excluding carboxylic acids is 2. The highest BCUT2D eigenvalue weighted by molar-refractivity contribution is 5.85. The zero-order chi connectivity index (χ0) is 18.1. The fourth-order valence-corrected chi connectivity index (χ4v) is 3.46. The minimum Gasteiger partial charge on any atom is -0.497 e. The van der Waals surface area contributed by atoms with Crippen LogP contribution in [0.3, 0.4) is 0 Å². The molecular weight excluding hydrogens is 318 g/mol. The van der Waals surface area contributed by atoms with E-state index in [0.717, 1.165) is 37.1 Å². The first-order valence-electron chi connectivity index (χ1n) is 9.04. The molecule has 25 heavy (non-hydrogen) atoms. The number of hydrogen-bond donors (Lipinski definition) is 3. The second kappa shape index (κ2) is 9.91. The van der Waals surface area contributed by atoms with E-state index in [1.165, 1.54) is 6.42 Å². The van der Waals surface area contributed by atoms with Gasteiger partial charge in [-0.2, -0.15) is 0 Å². The van der Waals surface area contributed by atoms with Crippen LogP contribution in [0.25, 0.3) is 0 Å². The Hall–Kier alpha value is -2.24. The van der Waals surface area contributed by atoms with Crippen LogP contribution < -0.4 is 21.1 Å². The predicted octanol–water partition coefficient (Wildman–Crippen LogP) is 2.30. The van der Waals surface area contributed by atoms with E-state index in [2.05, 4.69) is 10.6 Å². The molecule has 4 N–H and O–H groups in total. The van der Waals surface area contributed by atoms with E-state index in [9.17, 15) is 9.59 Å². The Labute approximate surface area is 149 Å². The van der Waals surface area contributed by atoms with Crippen LogP contribution in [0, 0.1) is 11.8 Å². The van der Waals surface area contributed by atoms with Crippen LogP contribution in [0.2, 0.25) is 0 Å². The first-order valence-corrected chi connectivity index (χ1v) is 9.04. The van der Waals surface area contributed by atoms with Crippen molar-refractivity contribution in [2.75, 3.05) is 25.5 Å². The normalized spacial score (nSPS) is 16.0. The van der Waals surface area contributed by atoms with Gasteiger partial charge in [0.05, 0.1) is 7.11 Å². The molecule has 1 aliphatic rings. The molecule has 2 amide bonds. The molecule has 0 spiro atoms. The monoisotopic (exact) mass is 347 g/mol. The third-order valence-electron chi connectivity index (χ3n) is 4.82. The van der Waals surface area contributed by atoms with Gasteiger partial charge in [-0.3, -0.25) is 9.59 Å². The average Bonchev–Trinajstić information content (AvgIpc) is 2.64. The second-order valence-electron chi connectivity index (χ2n) is 6.62. The highest BCUT2D eigenvalue weighted by Crippen LogP contribution is 2.31. The number of hydrogen-bond acceptors (Lipinski definition) is 4. The largest absolute Gasteiger partial charge is 0.497 e. The summed E-state index contributed by atoms with van der Waals surface area (Å²) in [5.41, 5.74) is 6.32. The summed E-state index contributed by atoms with van der Waals surface area (Å²) in [4.78, 5) is 23.9. The molecule has 1 fully saturated rings. The van der Waals surface area contributed by atoms with Gasteiger partial charge < -0.3 is 21.1 Å². The Morgan fingerprint density at radius 2 is 1.84 bits per heavy atom. The van der Waals surface area contributed by atoms with Crippen LogP contribution in [0.5, 0.6) is 5.75 Å². The SMILES string of the molecule is COc1ccc(NCCNC(=O)C(CC(N)=O)C2CCCCC2)cc1. The summed E-state index contributed by atoms with van der Waals surface area (Å²) in [5.74, 6) is 0.333. The van der Waals surface area contributed by atoms with Crippen molar-refractivity contribution >= 4 is 17.5 Å². The van der Waals surface area contributed by atoms with Crippen LogP contribution in [-0.2, 0) is 9.59 Å². The van der Waals surface area contributed by atoms with E-state index in [1.807, 2.05) is 24.3 Å². The summed E-state index contributed by atoms with van der Waals surface area (Å²) >= 11 is 0. The summed E-state index contributed by atoms with van der Waals surface area (Å²) in [6, 6.07) is 7.62. The molecule has 0 aromatic heterocycles. The quantitative estimate of drug-likeness (QED) is 0.598. The van der Waals surface area contributed by atoms with Crippen molar-refractivity contribution in [2.45, 2.75) is 38.5 Å². The lowest BCUT2D eigenvalue weighted by atomic mass is 9.78. The maximum atomic E-state index is 12.5. The molecule has 0 saturated heterocycles.